The molecular formula is C16H26N2O. The molecule has 2 rings (SSSR count). The van der Waals surface area contributed by atoms with Crippen LogP contribution in [0, 0.1) is 5.92 Å². The highest BCUT2D eigenvalue weighted by atomic mass is 16.5. The predicted octanol–water partition coefficient (Wildman–Crippen LogP) is 2.91. The lowest BCUT2D eigenvalue weighted by Gasteiger charge is -2.40. The quantitative estimate of drug-likeness (QED) is 0.883. The summed E-state index contributed by atoms with van der Waals surface area (Å²) in [5, 5.41) is 3.49. The molecule has 0 spiro atoms. The number of nitrogens with one attached hydrogen (secondary N) is 1. The molecule has 1 heterocycles. The zero-order chi connectivity index (χ0) is 13.7. The van der Waals surface area contributed by atoms with Gasteiger partial charge in [0.15, 0.2) is 0 Å². The minimum Gasteiger partial charge on any atom is -0.494 e. The highest BCUT2D eigenvalue weighted by Crippen LogP contribution is 2.24. The van der Waals surface area contributed by atoms with Gasteiger partial charge < -0.3 is 15.0 Å². The highest BCUT2D eigenvalue weighted by Gasteiger charge is 2.24. The Balaban J connectivity index is 2.07. The number of hydrogen-bond acceptors (Lipinski definition) is 3. The maximum absolute atomic E-state index is 5.64. The zero-order valence-corrected chi connectivity index (χ0v) is 12.4. The number of piperazine rings is 1. The molecule has 1 unspecified atom stereocenters. The molecule has 1 saturated heterocycles. The van der Waals surface area contributed by atoms with Crippen LogP contribution in [0.2, 0.25) is 0 Å². The summed E-state index contributed by atoms with van der Waals surface area (Å²) in [5.74, 6) is 1.63. The van der Waals surface area contributed by atoms with Crippen molar-refractivity contribution in [2.24, 2.45) is 5.92 Å². The van der Waals surface area contributed by atoms with E-state index in [0.29, 0.717) is 12.0 Å². The van der Waals surface area contributed by atoms with Gasteiger partial charge in [-0.3, -0.25) is 0 Å². The van der Waals surface area contributed by atoms with Gasteiger partial charge in [0, 0.05) is 31.4 Å². The van der Waals surface area contributed by atoms with Crippen LogP contribution >= 0.6 is 0 Å². The van der Waals surface area contributed by atoms with Crippen LogP contribution in [0.1, 0.15) is 27.2 Å². The second kappa shape index (κ2) is 6.80. The third-order valence-electron chi connectivity index (χ3n) is 3.69. The summed E-state index contributed by atoms with van der Waals surface area (Å²) in [6, 6.07) is 9.13. The molecule has 0 bridgehead atoms. The molecular weight excluding hydrogens is 236 g/mol. The van der Waals surface area contributed by atoms with E-state index in [-0.39, 0.29) is 0 Å². The molecule has 1 atom stereocenters. The van der Waals surface area contributed by atoms with E-state index in [4.69, 9.17) is 4.74 Å². The van der Waals surface area contributed by atoms with Gasteiger partial charge in [0.2, 0.25) is 0 Å². The summed E-state index contributed by atoms with van der Waals surface area (Å²) < 4.78 is 5.64. The molecule has 0 amide bonds. The van der Waals surface area contributed by atoms with Crippen LogP contribution < -0.4 is 15.0 Å². The first kappa shape index (κ1) is 14.2. The Morgan fingerprint density at radius 2 is 2.05 bits per heavy atom. The van der Waals surface area contributed by atoms with Crippen LogP contribution in [0.25, 0.3) is 0 Å². The summed E-state index contributed by atoms with van der Waals surface area (Å²) >= 11 is 0. The van der Waals surface area contributed by atoms with Gasteiger partial charge in [-0.2, -0.15) is 0 Å². The fourth-order valence-electron chi connectivity index (χ4n) is 2.60. The molecule has 0 aliphatic carbocycles. The van der Waals surface area contributed by atoms with Crippen LogP contribution in [0.3, 0.4) is 0 Å². The lowest BCUT2D eigenvalue weighted by atomic mass is 10.00. The lowest BCUT2D eigenvalue weighted by molar-refractivity contribution is 0.317. The average molecular weight is 262 g/mol. The van der Waals surface area contributed by atoms with Gasteiger partial charge in [-0.1, -0.05) is 20.8 Å². The number of nitrogens with zero attached hydrogens (tertiary/aromatic N) is 1. The van der Waals surface area contributed by atoms with E-state index in [0.717, 1.165) is 38.4 Å². The Morgan fingerprint density at radius 3 is 2.68 bits per heavy atom. The van der Waals surface area contributed by atoms with Gasteiger partial charge in [-0.05, 0) is 36.6 Å². The predicted molar refractivity (Wildman–Crippen MR) is 81.1 cm³/mol. The van der Waals surface area contributed by atoms with Crippen LogP contribution in [-0.2, 0) is 0 Å². The Labute approximate surface area is 116 Å². The Kier molecular flexibility index (Phi) is 5.08. The third-order valence-corrected chi connectivity index (χ3v) is 3.69. The topological polar surface area (TPSA) is 24.5 Å². The van der Waals surface area contributed by atoms with Crippen LogP contribution in [-0.4, -0.2) is 32.3 Å². The van der Waals surface area contributed by atoms with Crippen molar-refractivity contribution >= 4 is 5.69 Å². The SMILES string of the molecule is CCCOc1ccc(N2CCNCC2C(C)C)cc1. The van der Waals surface area contributed by atoms with Crippen LogP contribution in [0.4, 0.5) is 5.69 Å². The van der Waals surface area contributed by atoms with E-state index in [9.17, 15) is 0 Å². The third kappa shape index (κ3) is 3.63. The van der Waals surface area contributed by atoms with Crippen molar-refractivity contribution in [3.8, 4) is 5.75 Å². The van der Waals surface area contributed by atoms with Gasteiger partial charge in [0.05, 0.1) is 6.61 Å². The van der Waals surface area contributed by atoms with E-state index in [1.165, 1.54) is 5.69 Å². The van der Waals surface area contributed by atoms with E-state index in [2.05, 4.69) is 55.3 Å². The average Bonchev–Trinajstić information content (AvgIpc) is 2.45. The maximum Gasteiger partial charge on any atom is 0.119 e. The Morgan fingerprint density at radius 1 is 1.32 bits per heavy atom. The molecule has 3 nitrogen and oxygen atoms in total. The van der Waals surface area contributed by atoms with E-state index in [1.807, 2.05) is 0 Å². The molecule has 1 aliphatic heterocycles. The molecule has 0 aromatic heterocycles. The van der Waals surface area contributed by atoms with Crippen molar-refractivity contribution in [1.82, 2.24) is 5.32 Å². The Bertz CT molecular complexity index is 375. The standard InChI is InChI=1S/C16H26N2O/c1-4-11-19-15-7-5-14(6-8-15)18-10-9-17-12-16(18)13(2)3/h5-8,13,16-17H,4,9-12H2,1-3H3. The smallest absolute Gasteiger partial charge is 0.119 e. The first-order valence-electron chi connectivity index (χ1n) is 7.42. The zero-order valence-electron chi connectivity index (χ0n) is 12.4. The lowest BCUT2D eigenvalue weighted by Crippen LogP contribution is -2.53. The van der Waals surface area contributed by atoms with Crippen molar-refractivity contribution in [2.45, 2.75) is 33.2 Å². The molecule has 106 valence electrons. The van der Waals surface area contributed by atoms with Crippen molar-refractivity contribution in [2.75, 3.05) is 31.1 Å². The number of benzene rings is 1. The summed E-state index contributed by atoms with van der Waals surface area (Å²) in [6.45, 7) is 10.7. The summed E-state index contributed by atoms with van der Waals surface area (Å²) in [4.78, 5) is 2.52. The number of hydrogen-bond donors (Lipinski definition) is 1. The maximum atomic E-state index is 5.64. The largest absolute Gasteiger partial charge is 0.494 e. The molecule has 1 fully saturated rings. The first-order valence-corrected chi connectivity index (χ1v) is 7.42. The van der Waals surface area contributed by atoms with Crippen LogP contribution in [0.15, 0.2) is 24.3 Å². The number of ether oxygens (including phenoxy) is 1. The van der Waals surface area contributed by atoms with Gasteiger partial charge in [-0.25, -0.2) is 0 Å². The van der Waals surface area contributed by atoms with Gasteiger partial charge in [0.25, 0.3) is 0 Å². The fraction of sp³-hybridized carbons (Fsp3) is 0.625. The molecule has 1 aromatic rings. The molecule has 0 radical (unpaired) electrons. The number of anilines is 1. The minimum absolute atomic E-state index is 0.580. The molecule has 3 heteroatoms. The van der Waals surface area contributed by atoms with Gasteiger partial charge >= 0.3 is 0 Å². The summed E-state index contributed by atoms with van der Waals surface area (Å²) in [7, 11) is 0. The molecule has 0 saturated carbocycles. The molecule has 19 heavy (non-hydrogen) atoms. The van der Waals surface area contributed by atoms with Crippen molar-refractivity contribution in [3.05, 3.63) is 24.3 Å². The fourth-order valence-corrected chi connectivity index (χ4v) is 2.60. The first-order chi connectivity index (χ1) is 9.22. The van der Waals surface area contributed by atoms with Gasteiger partial charge in [0.1, 0.15) is 5.75 Å². The molecule has 1 aliphatic rings. The van der Waals surface area contributed by atoms with Crippen molar-refractivity contribution in [3.63, 3.8) is 0 Å². The van der Waals surface area contributed by atoms with Crippen LogP contribution in [0.5, 0.6) is 5.75 Å². The van der Waals surface area contributed by atoms with E-state index >= 15 is 0 Å². The summed E-state index contributed by atoms with van der Waals surface area (Å²) in [6.07, 6.45) is 1.05. The number of rotatable bonds is 5. The molecule has 1 N–H and O–H groups in total. The second-order valence-corrected chi connectivity index (χ2v) is 5.55. The summed E-state index contributed by atoms with van der Waals surface area (Å²) in [5.41, 5.74) is 1.31. The molecule has 1 aromatic carbocycles. The highest BCUT2D eigenvalue weighted by molar-refractivity contribution is 5.50. The van der Waals surface area contributed by atoms with Gasteiger partial charge in [-0.15, -0.1) is 0 Å². The monoisotopic (exact) mass is 262 g/mol. The second-order valence-electron chi connectivity index (χ2n) is 5.55. The normalized spacial score (nSPS) is 19.8. The van der Waals surface area contributed by atoms with E-state index < -0.39 is 0 Å². The van der Waals surface area contributed by atoms with Crippen molar-refractivity contribution < 1.29 is 4.74 Å². The Hall–Kier alpha value is -1.22. The van der Waals surface area contributed by atoms with Crippen molar-refractivity contribution in [1.29, 1.82) is 0 Å². The van der Waals surface area contributed by atoms with E-state index in [1.54, 1.807) is 0 Å². The minimum atomic E-state index is 0.580.